The number of ether oxygens (including phenoxy) is 1. The van der Waals surface area contributed by atoms with Crippen LogP contribution in [0.25, 0.3) is 0 Å². The molecule has 1 amide bonds. The van der Waals surface area contributed by atoms with Crippen LogP contribution in [0, 0.1) is 5.92 Å². The molecule has 5 N–H and O–H groups in total. The molecule has 9 heteroatoms. The van der Waals surface area contributed by atoms with E-state index in [0.717, 1.165) is 26.1 Å². The maximum atomic E-state index is 11.9. The Morgan fingerprint density at radius 3 is 2.14 bits per heavy atom. The summed E-state index contributed by atoms with van der Waals surface area (Å²) in [6.45, 7) is 8.54. The number of hydrogen-bond acceptors (Lipinski definition) is 5. The molecule has 2 saturated heterocycles. The minimum absolute atomic E-state index is 0. The minimum Gasteiger partial charge on any atom is -0.473 e. The second-order valence-corrected chi connectivity index (χ2v) is 6.06. The predicted molar refractivity (Wildman–Crippen MR) is 76.6 cm³/mol. The number of aliphatic carboxylic acids is 2. The fraction of sp³-hybridized carbons (Fsp3) is 0.769. The van der Waals surface area contributed by atoms with E-state index in [4.69, 9.17) is 24.5 Å². The first-order valence-electron chi connectivity index (χ1n) is 6.78. The first kappa shape index (κ1) is 20.1. The van der Waals surface area contributed by atoms with Crippen LogP contribution in [0.1, 0.15) is 27.2 Å². The quantitative estimate of drug-likeness (QED) is 0.512. The Morgan fingerprint density at radius 1 is 1.14 bits per heavy atom. The summed E-state index contributed by atoms with van der Waals surface area (Å²) in [6, 6.07) is 0.361. The number of nitrogens with zero attached hydrogens (tertiary/aromatic N) is 1. The number of fused-ring (bicyclic) bond motifs is 1. The molecule has 0 radical (unpaired) electrons. The first-order valence-corrected chi connectivity index (χ1v) is 6.78. The molecule has 0 aromatic rings. The second-order valence-electron chi connectivity index (χ2n) is 6.06. The van der Waals surface area contributed by atoms with Crippen LogP contribution in [0.3, 0.4) is 0 Å². The van der Waals surface area contributed by atoms with Gasteiger partial charge in [-0.15, -0.1) is 0 Å². The van der Waals surface area contributed by atoms with Crippen molar-refractivity contribution in [3.05, 3.63) is 0 Å². The summed E-state index contributed by atoms with van der Waals surface area (Å²) in [6.07, 6.45) is 0.954. The summed E-state index contributed by atoms with van der Waals surface area (Å²) in [4.78, 5) is 32.0. The zero-order valence-electron chi connectivity index (χ0n) is 13.0. The van der Waals surface area contributed by atoms with Gasteiger partial charge in [0.05, 0.1) is 6.04 Å². The van der Waals surface area contributed by atoms with Gasteiger partial charge < -0.3 is 30.6 Å². The third-order valence-electron chi connectivity index (χ3n) is 3.26. The van der Waals surface area contributed by atoms with Crippen molar-refractivity contribution in [3.8, 4) is 0 Å². The van der Waals surface area contributed by atoms with Crippen molar-refractivity contribution in [3.63, 3.8) is 0 Å². The lowest BCUT2D eigenvalue weighted by Crippen LogP contribution is -2.42. The van der Waals surface area contributed by atoms with Crippen molar-refractivity contribution in [2.24, 2.45) is 5.92 Å². The molecule has 22 heavy (non-hydrogen) atoms. The molecule has 0 aromatic heterocycles. The molecule has 0 spiro atoms. The summed E-state index contributed by atoms with van der Waals surface area (Å²) in [5, 5.41) is 18.1. The predicted octanol–water partition coefficient (Wildman–Crippen LogP) is -0.454. The average Bonchev–Trinajstić information content (AvgIpc) is 2.87. The van der Waals surface area contributed by atoms with E-state index in [1.807, 2.05) is 25.7 Å². The molecule has 128 valence electrons. The van der Waals surface area contributed by atoms with E-state index in [-0.39, 0.29) is 17.2 Å². The van der Waals surface area contributed by atoms with Gasteiger partial charge in [-0.1, -0.05) is 0 Å². The topological polar surface area (TPSA) is 148 Å². The fourth-order valence-corrected chi connectivity index (χ4v) is 2.40. The van der Waals surface area contributed by atoms with Gasteiger partial charge in [-0.3, -0.25) is 0 Å². The van der Waals surface area contributed by atoms with Crippen LogP contribution in [0.2, 0.25) is 0 Å². The highest BCUT2D eigenvalue weighted by atomic mass is 16.6. The van der Waals surface area contributed by atoms with E-state index in [1.54, 1.807) is 0 Å². The number of nitrogens with one attached hydrogen (secondary N) is 1. The molecule has 2 heterocycles. The standard InChI is InChI=1S/C11H20N2O2.C2H2O4.H2O/c1-11(2,3)15-10(14)13-5-4-8-6-12-7-9(8)13;3-1(4)2(5)6;/h8-9,12H,4-7H2,1-3H3;(H,3,4)(H,5,6);1H2. The number of rotatable bonds is 0. The summed E-state index contributed by atoms with van der Waals surface area (Å²) in [5.74, 6) is -3.01. The minimum atomic E-state index is -1.82. The Hall–Kier alpha value is -1.87. The van der Waals surface area contributed by atoms with Crippen LogP contribution in [0.15, 0.2) is 0 Å². The van der Waals surface area contributed by atoms with Gasteiger partial charge >= 0.3 is 18.0 Å². The molecule has 2 atom stereocenters. The monoisotopic (exact) mass is 320 g/mol. The molecule has 2 unspecified atom stereocenters. The molecule has 0 aliphatic carbocycles. The van der Waals surface area contributed by atoms with Crippen LogP contribution in [0.4, 0.5) is 4.79 Å². The molecule has 0 bridgehead atoms. The van der Waals surface area contributed by atoms with Crippen LogP contribution in [-0.4, -0.2) is 69.9 Å². The SMILES string of the molecule is CC(C)(C)OC(=O)N1CCC2CNCC21.O.O=C(O)C(=O)O. The van der Waals surface area contributed by atoms with Crippen molar-refractivity contribution in [2.75, 3.05) is 19.6 Å². The smallest absolute Gasteiger partial charge is 0.414 e. The van der Waals surface area contributed by atoms with Gasteiger partial charge in [-0.05, 0) is 33.1 Å². The lowest BCUT2D eigenvalue weighted by Gasteiger charge is -2.27. The van der Waals surface area contributed by atoms with Gasteiger partial charge in [0.25, 0.3) is 0 Å². The van der Waals surface area contributed by atoms with E-state index in [0.29, 0.717) is 12.0 Å². The Balaban J connectivity index is 0.000000546. The van der Waals surface area contributed by atoms with E-state index < -0.39 is 11.9 Å². The third-order valence-corrected chi connectivity index (χ3v) is 3.26. The van der Waals surface area contributed by atoms with Crippen molar-refractivity contribution in [1.82, 2.24) is 10.2 Å². The van der Waals surface area contributed by atoms with Gasteiger partial charge in [0, 0.05) is 19.6 Å². The lowest BCUT2D eigenvalue weighted by atomic mass is 10.1. The Bertz CT molecular complexity index is 407. The number of carbonyl (C=O) groups is 3. The highest BCUT2D eigenvalue weighted by Crippen LogP contribution is 2.28. The van der Waals surface area contributed by atoms with Crippen LogP contribution >= 0.6 is 0 Å². The van der Waals surface area contributed by atoms with Crippen molar-refractivity contribution in [1.29, 1.82) is 0 Å². The molecular formula is C13H24N2O7. The number of hydrogen-bond donors (Lipinski definition) is 3. The normalized spacial score (nSPS) is 22.8. The molecular weight excluding hydrogens is 296 g/mol. The summed E-state index contributed by atoms with van der Waals surface area (Å²) >= 11 is 0. The van der Waals surface area contributed by atoms with Crippen molar-refractivity contribution >= 4 is 18.0 Å². The lowest BCUT2D eigenvalue weighted by molar-refractivity contribution is -0.159. The molecule has 2 fully saturated rings. The van der Waals surface area contributed by atoms with Crippen LogP contribution in [-0.2, 0) is 14.3 Å². The van der Waals surface area contributed by atoms with E-state index in [9.17, 15) is 4.79 Å². The molecule has 9 nitrogen and oxygen atoms in total. The Labute approximate surface area is 128 Å². The highest BCUT2D eigenvalue weighted by molar-refractivity contribution is 6.27. The van der Waals surface area contributed by atoms with E-state index in [2.05, 4.69) is 5.32 Å². The highest BCUT2D eigenvalue weighted by Gasteiger charge is 2.41. The van der Waals surface area contributed by atoms with Gasteiger partial charge in [0.15, 0.2) is 0 Å². The molecule has 2 aliphatic heterocycles. The molecule has 2 rings (SSSR count). The van der Waals surface area contributed by atoms with Gasteiger partial charge in [-0.25, -0.2) is 14.4 Å². The van der Waals surface area contributed by atoms with Crippen molar-refractivity contribution < 1.29 is 34.8 Å². The number of likely N-dealkylation sites (tertiary alicyclic amines) is 1. The average molecular weight is 320 g/mol. The first-order chi connectivity index (χ1) is 9.61. The number of carbonyl (C=O) groups excluding carboxylic acids is 1. The molecule has 2 aliphatic rings. The van der Waals surface area contributed by atoms with Gasteiger partial charge in [0.1, 0.15) is 5.60 Å². The summed E-state index contributed by atoms with van der Waals surface area (Å²) in [7, 11) is 0. The zero-order valence-corrected chi connectivity index (χ0v) is 13.0. The van der Waals surface area contributed by atoms with Gasteiger partial charge in [0.2, 0.25) is 0 Å². The Kier molecular flexibility index (Phi) is 7.27. The van der Waals surface area contributed by atoms with E-state index in [1.165, 1.54) is 0 Å². The molecule has 0 saturated carbocycles. The Morgan fingerprint density at radius 2 is 1.68 bits per heavy atom. The van der Waals surface area contributed by atoms with Crippen LogP contribution in [0.5, 0.6) is 0 Å². The summed E-state index contributed by atoms with van der Waals surface area (Å²) < 4.78 is 5.39. The maximum absolute atomic E-state index is 11.9. The van der Waals surface area contributed by atoms with Crippen LogP contribution < -0.4 is 5.32 Å². The maximum Gasteiger partial charge on any atom is 0.414 e. The number of carboxylic acid groups (broad SMARTS) is 2. The fourth-order valence-electron chi connectivity index (χ4n) is 2.40. The number of carboxylic acids is 2. The molecule has 0 aromatic carbocycles. The largest absolute Gasteiger partial charge is 0.473 e. The number of amides is 1. The third kappa shape index (κ3) is 5.86. The second kappa shape index (κ2) is 7.95. The summed E-state index contributed by atoms with van der Waals surface area (Å²) in [5.41, 5.74) is -0.388. The zero-order chi connectivity index (χ0) is 16.2. The van der Waals surface area contributed by atoms with E-state index >= 15 is 0 Å². The van der Waals surface area contributed by atoms with Crippen molar-refractivity contribution in [2.45, 2.75) is 38.8 Å². The van der Waals surface area contributed by atoms with Gasteiger partial charge in [-0.2, -0.15) is 0 Å².